The molecule has 5 unspecified atom stereocenters. The summed E-state index contributed by atoms with van der Waals surface area (Å²) in [6.07, 6.45) is 16.8. The van der Waals surface area contributed by atoms with Gasteiger partial charge in [-0.2, -0.15) is 12.6 Å². The van der Waals surface area contributed by atoms with E-state index >= 15 is 0 Å². The number of allylic oxidation sites excluding steroid dienone is 6. The highest BCUT2D eigenvalue weighted by molar-refractivity contribution is 8.13. The number of hydrogen-bond acceptors (Lipinski definition) is 7. The van der Waals surface area contributed by atoms with Crippen molar-refractivity contribution in [3.05, 3.63) is 77.4 Å². The standard InChI is InChI=1S/C18H21N3O.C8H10N2S.CH4S/c1-10-6-7-14-18(2,9-10)15(21-16(19)17(22)20-14)12-5-3-4-11-8-13(11)12;1-11-8(10)6-2-4-7(9)5-3-6;1-2/h3-7,9,11,13-14,16H,8,19H2,1-2H3,(H,20,22);2-5,10H,9H2,1H3;2H,1H3. The number of nitrogens with zero attached hydrogens (tertiary/aromatic N) is 1. The zero-order valence-electron chi connectivity index (χ0n) is 20.7. The van der Waals surface area contributed by atoms with E-state index in [2.05, 4.69) is 73.2 Å². The minimum absolute atomic E-state index is 0.0972. The molecule has 8 heteroatoms. The molecule has 5 atom stereocenters. The molecule has 4 aliphatic rings. The van der Waals surface area contributed by atoms with Gasteiger partial charge in [0.15, 0.2) is 6.17 Å². The van der Waals surface area contributed by atoms with Crippen molar-refractivity contribution in [1.82, 2.24) is 5.32 Å². The van der Waals surface area contributed by atoms with Crippen molar-refractivity contribution in [2.75, 3.05) is 18.2 Å². The van der Waals surface area contributed by atoms with Crippen LogP contribution in [0.15, 0.2) is 76.9 Å². The summed E-state index contributed by atoms with van der Waals surface area (Å²) in [4.78, 5) is 16.8. The first-order chi connectivity index (χ1) is 16.7. The third-order valence-electron chi connectivity index (χ3n) is 6.59. The van der Waals surface area contributed by atoms with Crippen molar-refractivity contribution in [2.45, 2.75) is 32.5 Å². The lowest BCUT2D eigenvalue weighted by atomic mass is 9.70. The molecule has 1 aromatic rings. The molecule has 1 aromatic carbocycles. The van der Waals surface area contributed by atoms with Crippen molar-refractivity contribution < 1.29 is 4.79 Å². The lowest BCUT2D eigenvalue weighted by molar-refractivity contribution is -0.122. The molecule has 1 fully saturated rings. The van der Waals surface area contributed by atoms with Crippen molar-refractivity contribution >= 4 is 46.7 Å². The topological polar surface area (TPSA) is 117 Å². The van der Waals surface area contributed by atoms with Gasteiger partial charge in [-0.05, 0) is 62.3 Å². The molecule has 6 nitrogen and oxygen atoms in total. The normalized spacial score (nSPS) is 29.8. The highest BCUT2D eigenvalue weighted by Gasteiger charge is 2.48. The number of hydrogen-bond donors (Lipinski definition) is 5. The Labute approximate surface area is 218 Å². The molecule has 5 rings (SSSR count). The Balaban J connectivity index is 0.000000223. The Kier molecular flexibility index (Phi) is 8.85. The molecule has 0 radical (unpaired) electrons. The van der Waals surface area contributed by atoms with Crippen LogP contribution in [0.3, 0.4) is 0 Å². The van der Waals surface area contributed by atoms with Gasteiger partial charge in [0.1, 0.15) is 0 Å². The van der Waals surface area contributed by atoms with Gasteiger partial charge in [0.25, 0.3) is 5.91 Å². The van der Waals surface area contributed by atoms with Crippen LogP contribution in [0, 0.1) is 22.7 Å². The average molecular weight is 510 g/mol. The number of benzene rings is 1. The van der Waals surface area contributed by atoms with Gasteiger partial charge in [-0.15, -0.1) is 11.8 Å². The largest absolute Gasteiger partial charge is 0.399 e. The number of carbonyl (C=O) groups excluding carboxylic acids is 1. The van der Waals surface area contributed by atoms with Gasteiger partial charge in [-0.1, -0.05) is 54.2 Å². The minimum atomic E-state index is -0.830. The van der Waals surface area contributed by atoms with E-state index in [1.807, 2.05) is 18.4 Å². The Bertz CT molecular complexity index is 1120. The summed E-state index contributed by atoms with van der Waals surface area (Å²) in [5.74, 6) is 0.974. The number of nitrogen functional groups attached to an aromatic ring is 1. The summed E-state index contributed by atoms with van der Waals surface area (Å²) < 4.78 is 0. The SMILES string of the molecule is CC1=CC2(C)C(C3=CC=CC4CC34)=NC(N)C(=O)NC2C=C1.CS.CSC(=N)c1ccc(N)cc1. The quantitative estimate of drug-likeness (QED) is 0.176. The second-order valence-corrected chi connectivity index (χ2v) is 9.92. The van der Waals surface area contributed by atoms with Crippen molar-refractivity contribution in [1.29, 1.82) is 5.41 Å². The molecular weight excluding hydrogens is 474 g/mol. The van der Waals surface area contributed by atoms with E-state index in [0.717, 1.165) is 17.0 Å². The number of aliphatic imine (C=N–C) groups is 1. The van der Waals surface area contributed by atoms with Gasteiger partial charge in [-0.25, -0.2) is 0 Å². The first-order valence-corrected chi connectivity index (χ1v) is 13.7. The lowest BCUT2D eigenvalue weighted by Crippen LogP contribution is -2.49. The fourth-order valence-electron chi connectivity index (χ4n) is 4.65. The number of nitrogens with two attached hydrogens (primary N) is 2. The van der Waals surface area contributed by atoms with Crippen LogP contribution in [0.1, 0.15) is 25.8 Å². The zero-order chi connectivity index (χ0) is 25.8. The summed E-state index contributed by atoms with van der Waals surface area (Å²) in [5.41, 5.74) is 16.2. The molecule has 186 valence electrons. The van der Waals surface area contributed by atoms with Crippen LogP contribution in [-0.2, 0) is 4.79 Å². The van der Waals surface area contributed by atoms with E-state index in [1.165, 1.54) is 29.3 Å². The van der Waals surface area contributed by atoms with Crippen LogP contribution in [0.2, 0.25) is 0 Å². The van der Waals surface area contributed by atoms with Crippen LogP contribution in [0.25, 0.3) is 0 Å². The van der Waals surface area contributed by atoms with Crippen molar-refractivity contribution in [3.63, 3.8) is 0 Å². The fourth-order valence-corrected chi connectivity index (χ4v) is 5.02. The van der Waals surface area contributed by atoms with Gasteiger partial charge in [-0.3, -0.25) is 15.2 Å². The maximum Gasteiger partial charge on any atom is 0.259 e. The molecule has 0 aromatic heterocycles. The maximum atomic E-state index is 12.2. The van der Waals surface area contributed by atoms with Crippen molar-refractivity contribution in [2.24, 2.45) is 28.0 Å². The summed E-state index contributed by atoms with van der Waals surface area (Å²) in [7, 11) is 0. The molecular formula is C27H35N5OS2. The second-order valence-electron chi connectivity index (χ2n) is 9.11. The first kappa shape index (κ1) is 27.0. The smallest absolute Gasteiger partial charge is 0.259 e. The Morgan fingerprint density at radius 1 is 1.26 bits per heavy atom. The summed E-state index contributed by atoms with van der Waals surface area (Å²) in [6.45, 7) is 4.23. The maximum absolute atomic E-state index is 12.2. The first-order valence-electron chi connectivity index (χ1n) is 11.6. The number of amides is 1. The Morgan fingerprint density at radius 3 is 2.60 bits per heavy atom. The number of carbonyl (C=O) groups is 1. The number of thiol groups is 1. The van der Waals surface area contributed by atoms with E-state index in [9.17, 15) is 4.79 Å². The Morgan fingerprint density at radius 2 is 1.94 bits per heavy atom. The number of fused-ring (bicyclic) bond motifs is 2. The van der Waals surface area contributed by atoms with Crippen LogP contribution in [0.4, 0.5) is 5.69 Å². The van der Waals surface area contributed by atoms with E-state index in [-0.39, 0.29) is 17.4 Å². The molecule has 1 heterocycles. The summed E-state index contributed by atoms with van der Waals surface area (Å²) in [6, 6.07) is 7.22. The van der Waals surface area contributed by atoms with E-state index in [0.29, 0.717) is 16.9 Å². The molecule has 1 aliphatic heterocycles. The molecule has 3 aliphatic carbocycles. The van der Waals surface area contributed by atoms with Crippen LogP contribution >= 0.6 is 24.4 Å². The van der Waals surface area contributed by atoms with Gasteiger partial charge in [0.2, 0.25) is 0 Å². The third kappa shape index (κ3) is 6.00. The van der Waals surface area contributed by atoms with Crippen LogP contribution in [-0.4, -0.2) is 41.4 Å². The average Bonchev–Trinajstić information content (AvgIpc) is 3.66. The van der Waals surface area contributed by atoms with Gasteiger partial charge >= 0.3 is 0 Å². The monoisotopic (exact) mass is 509 g/mol. The summed E-state index contributed by atoms with van der Waals surface area (Å²) in [5, 5.41) is 11.1. The Hall–Kier alpha value is -2.55. The van der Waals surface area contributed by atoms with E-state index in [4.69, 9.17) is 16.9 Å². The van der Waals surface area contributed by atoms with Crippen LogP contribution in [0.5, 0.6) is 0 Å². The highest BCUT2D eigenvalue weighted by atomic mass is 32.2. The number of rotatable bonds is 2. The molecule has 0 bridgehead atoms. The van der Waals surface area contributed by atoms with E-state index < -0.39 is 6.17 Å². The molecule has 0 saturated heterocycles. The van der Waals surface area contributed by atoms with Gasteiger partial charge < -0.3 is 16.8 Å². The lowest BCUT2D eigenvalue weighted by Gasteiger charge is -2.37. The minimum Gasteiger partial charge on any atom is -0.399 e. The number of thioether (sulfide) groups is 1. The summed E-state index contributed by atoms with van der Waals surface area (Å²) >= 11 is 4.95. The molecule has 1 amide bonds. The fraction of sp³-hybridized carbons (Fsp3) is 0.370. The number of nitrogens with one attached hydrogen (secondary N) is 2. The van der Waals surface area contributed by atoms with Gasteiger partial charge in [0, 0.05) is 11.3 Å². The van der Waals surface area contributed by atoms with Gasteiger partial charge in [0.05, 0.1) is 22.2 Å². The highest BCUT2D eigenvalue weighted by Crippen LogP contribution is 2.51. The molecule has 1 saturated carbocycles. The zero-order valence-corrected chi connectivity index (χ0v) is 22.4. The van der Waals surface area contributed by atoms with Crippen LogP contribution < -0.4 is 16.8 Å². The predicted octanol–water partition coefficient (Wildman–Crippen LogP) is 4.37. The molecule has 6 N–H and O–H groups in total. The van der Waals surface area contributed by atoms with Crippen molar-refractivity contribution in [3.8, 4) is 0 Å². The molecule has 0 spiro atoms. The predicted molar refractivity (Wildman–Crippen MR) is 153 cm³/mol. The second kappa shape index (κ2) is 11.5. The molecule has 35 heavy (non-hydrogen) atoms. The number of anilines is 1. The third-order valence-corrected chi connectivity index (χ3v) is 7.24. The van der Waals surface area contributed by atoms with E-state index in [1.54, 1.807) is 18.4 Å².